The second kappa shape index (κ2) is 6.70. The van der Waals surface area contributed by atoms with E-state index in [1.165, 1.54) is 10.6 Å². The van der Waals surface area contributed by atoms with E-state index in [2.05, 4.69) is 11.1 Å². The van der Waals surface area contributed by atoms with Crippen LogP contribution in [-0.2, 0) is 12.8 Å². The van der Waals surface area contributed by atoms with Crippen molar-refractivity contribution in [2.24, 2.45) is 0 Å². The SMILES string of the molecule is ON(CCc1cccnc1)CC1CCc2ccccc2O1. The van der Waals surface area contributed by atoms with E-state index in [9.17, 15) is 5.21 Å². The lowest BCUT2D eigenvalue weighted by Gasteiger charge is -2.28. The van der Waals surface area contributed by atoms with Crippen LogP contribution in [-0.4, -0.2) is 34.4 Å². The average Bonchev–Trinajstić information content (AvgIpc) is 2.54. The molecule has 1 aliphatic rings. The molecule has 0 bridgehead atoms. The van der Waals surface area contributed by atoms with Crippen LogP contribution in [0, 0.1) is 0 Å². The van der Waals surface area contributed by atoms with Crippen molar-refractivity contribution >= 4 is 0 Å². The van der Waals surface area contributed by atoms with E-state index < -0.39 is 0 Å². The Labute approximate surface area is 125 Å². The standard InChI is InChI=1S/C17H20N2O2/c20-19(11-9-14-4-3-10-18-12-14)13-16-8-7-15-5-1-2-6-17(15)21-16/h1-6,10,12,16,20H,7-9,11,13H2. The van der Waals surface area contributed by atoms with E-state index in [0.29, 0.717) is 13.1 Å². The molecule has 0 radical (unpaired) electrons. The van der Waals surface area contributed by atoms with Crippen molar-refractivity contribution in [3.05, 3.63) is 59.9 Å². The summed E-state index contributed by atoms with van der Waals surface area (Å²) in [4.78, 5) is 4.08. The lowest BCUT2D eigenvalue weighted by atomic mass is 10.0. The highest BCUT2D eigenvalue weighted by molar-refractivity contribution is 5.35. The van der Waals surface area contributed by atoms with Crippen molar-refractivity contribution in [2.45, 2.75) is 25.4 Å². The van der Waals surface area contributed by atoms with Gasteiger partial charge in [0.1, 0.15) is 11.9 Å². The number of hydroxylamine groups is 2. The number of nitrogens with zero attached hydrogens (tertiary/aromatic N) is 2. The van der Waals surface area contributed by atoms with Gasteiger partial charge in [0.2, 0.25) is 0 Å². The maximum Gasteiger partial charge on any atom is 0.122 e. The summed E-state index contributed by atoms with van der Waals surface area (Å²) in [6.45, 7) is 1.13. The summed E-state index contributed by atoms with van der Waals surface area (Å²) >= 11 is 0. The van der Waals surface area contributed by atoms with Crippen LogP contribution in [0.2, 0.25) is 0 Å². The fourth-order valence-corrected chi connectivity index (χ4v) is 2.64. The molecule has 1 aromatic carbocycles. The largest absolute Gasteiger partial charge is 0.489 e. The molecule has 21 heavy (non-hydrogen) atoms. The molecule has 0 fully saturated rings. The number of pyridine rings is 1. The molecule has 1 N–H and O–H groups in total. The summed E-state index contributed by atoms with van der Waals surface area (Å²) in [5.74, 6) is 0.953. The number of benzene rings is 1. The van der Waals surface area contributed by atoms with E-state index in [-0.39, 0.29) is 6.10 Å². The van der Waals surface area contributed by atoms with Gasteiger partial charge in [-0.25, -0.2) is 0 Å². The van der Waals surface area contributed by atoms with E-state index >= 15 is 0 Å². The fraction of sp³-hybridized carbons (Fsp3) is 0.353. The predicted octanol–water partition coefficient (Wildman–Crippen LogP) is 2.71. The highest BCUT2D eigenvalue weighted by Crippen LogP contribution is 2.27. The Morgan fingerprint density at radius 3 is 3.00 bits per heavy atom. The van der Waals surface area contributed by atoms with Gasteiger partial charge in [-0.15, -0.1) is 0 Å². The fourth-order valence-electron chi connectivity index (χ4n) is 2.64. The third kappa shape index (κ3) is 3.80. The van der Waals surface area contributed by atoms with Crippen molar-refractivity contribution in [1.82, 2.24) is 10.0 Å². The van der Waals surface area contributed by atoms with Gasteiger partial charge < -0.3 is 9.94 Å². The predicted molar refractivity (Wildman–Crippen MR) is 80.5 cm³/mol. The molecule has 2 aromatic rings. The van der Waals surface area contributed by atoms with Gasteiger partial charge in [0, 0.05) is 18.9 Å². The van der Waals surface area contributed by atoms with Crippen LogP contribution in [0.3, 0.4) is 0 Å². The average molecular weight is 284 g/mol. The number of hydrogen-bond acceptors (Lipinski definition) is 4. The third-order valence-corrected chi connectivity index (χ3v) is 3.80. The van der Waals surface area contributed by atoms with Crippen LogP contribution in [0.15, 0.2) is 48.8 Å². The summed E-state index contributed by atoms with van der Waals surface area (Å²) in [7, 11) is 0. The zero-order chi connectivity index (χ0) is 14.5. The van der Waals surface area contributed by atoms with Crippen LogP contribution in [0.5, 0.6) is 5.75 Å². The number of aryl methyl sites for hydroxylation is 1. The van der Waals surface area contributed by atoms with E-state index in [1.807, 2.05) is 36.5 Å². The van der Waals surface area contributed by atoms with Crippen LogP contribution in [0.1, 0.15) is 17.5 Å². The maximum atomic E-state index is 10.0. The number of ether oxygens (including phenoxy) is 1. The molecule has 110 valence electrons. The van der Waals surface area contributed by atoms with Crippen molar-refractivity contribution in [3.8, 4) is 5.75 Å². The summed E-state index contributed by atoms with van der Waals surface area (Å²) in [5, 5.41) is 11.4. The molecular formula is C17H20N2O2. The molecule has 1 atom stereocenters. The molecule has 1 aliphatic heterocycles. The first-order valence-corrected chi connectivity index (χ1v) is 7.38. The minimum absolute atomic E-state index is 0.0544. The Morgan fingerprint density at radius 2 is 2.14 bits per heavy atom. The second-order valence-electron chi connectivity index (χ2n) is 5.41. The van der Waals surface area contributed by atoms with Crippen molar-refractivity contribution < 1.29 is 9.94 Å². The topological polar surface area (TPSA) is 45.6 Å². The molecular weight excluding hydrogens is 264 g/mol. The highest BCUT2D eigenvalue weighted by atomic mass is 16.5. The van der Waals surface area contributed by atoms with E-state index in [4.69, 9.17) is 4.74 Å². The molecule has 0 spiro atoms. The minimum Gasteiger partial charge on any atom is -0.489 e. The number of rotatable bonds is 5. The number of fused-ring (bicyclic) bond motifs is 1. The molecule has 1 aromatic heterocycles. The molecule has 0 saturated carbocycles. The van der Waals surface area contributed by atoms with Crippen LogP contribution in [0.25, 0.3) is 0 Å². The van der Waals surface area contributed by atoms with Gasteiger partial charge in [-0.2, -0.15) is 5.06 Å². The van der Waals surface area contributed by atoms with Crippen LogP contribution in [0.4, 0.5) is 0 Å². The van der Waals surface area contributed by atoms with Crippen LogP contribution >= 0.6 is 0 Å². The molecule has 3 rings (SSSR count). The van der Waals surface area contributed by atoms with Crippen molar-refractivity contribution in [2.75, 3.05) is 13.1 Å². The van der Waals surface area contributed by atoms with Crippen molar-refractivity contribution in [1.29, 1.82) is 0 Å². The van der Waals surface area contributed by atoms with Gasteiger partial charge >= 0.3 is 0 Å². The van der Waals surface area contributed by atoms with Gasteiger partial charge in [0.05, 0.1) is 6.54 Å². The van der Waals surface area contributed by atoms with E-state index in [0.717, 1.165) is 30.6 Å². The second-order valence-corrected chi connectivity index (χ2v) is 5.41. The minimum atomic E-state index is 0.0544. The number of hydrogen-bond donors (Lipinski definition) is 1. The lowest BCUT2D eigenvalue weighted by Crippen LogP contribution is -2.36. The lowest BCUT2D eigenvalue weighted by molar-refractivity contribution is -0.110. The summed E-state index contributed by atoms with van der Waals surface area (Å²) < 4.78 is 5.94. The van der Waals surface area contributed by atoms with Gasteiger partial charge in [-0.05, 0) is 42.5 Å². The molecule has 4 heteroatoms. The smallest absolute Gasteiger partial charge is 0.122 e. The third-order valence-electron chi connectivity index (χ3n) is 3.80. The highest BCUT2D eigenvalue weighted by Gasteiger charge is 2.21. The van der Waals surface area contributed by atoms with Gasteiger partial charge in [0.25, 0.3) is 0 Å². The molecule has 0 saturated heterocycles. The van der Waals surface area contributed by atoms with Gasteiger partial charge in [-0.1, -0.05) is 24.3 Å². The maximum absolute atomic E-state index is 10.0. The summed E-state index contributed by atoms with van der Waals surface area (Å²) in [6, 6.07) is 12.1. The van der Waals surface area contributed by atoms with Gasteiger partial charge in [0.15, 0.2) is 0 Å². The van der Waals surface area contributed by atoms with Crippen LogP contribution < -0.4 is 4.74 Å². The molecule has 0 amide bonds. The molecule has 0 aliphatic carbocycles. The summed E-state index contributed by atoms with van der Waals surface area (Å²) in [6.07, 6.45) is 6.39. The van der Waals surface area contributed by atoms with Gasteiger partial charge in [-0.3, -0.25) is 4.98 Å². The Bertz CT molecular complexity index is 574. The Hall–Kier alpha value is -1.91. The number of para-hydroxylation sites is 1. The molecule has 1 unspecified atom stereocenters. The van der Waals surface area contributed by atoms with E-state index in [1.54, 1.807) is 6.20 Å². The normalized spacial score (nSPS) is 17.3. The molecule has 4 nitrogen and oxygen atoms in total. The first-order chi connectivity index (χ1) is 10.3. The monoisotopic (exact) mass is 284 g/mol. The zero-order valence-electron chi connectivity index (χ0n) is 12.0. The Morgan fingerprint density at radius 1 is 1.24 bits per heavy atom. The zero-order valence-corrected chi connectivity index (χ0v) is 12.0. The number of aromatic nitrogens is 1. The quantitative estimate of drug-likeness (QED) is 0.858. The molecule has 2 heterocycles. The van der Waals surface area contributed by atoms with Crippen molar-refractivity contribution in [3.63, 3.8) is 0 Å². The first kappa shape index (κ1) is 14.0. The summed E-state index contributed by atoms with van der Waals surface area (Å²) in [5.41, 5.74) is 2.39. The first-order valence-electron chi connectivity index (χ1n) is 7.38. The Balaban J connectivity index is 1.49. The Kier molecular flexibility index (Phi) is 4.48.